The lowest BCUT2D eigenvalue weighted by atomic mass is 10.3. The average Bonchev–Trinajstić information content (AvgIpc) is 2.25. The SMILES string of the molecule is CCN(CC#N)C(=O)c1cccc(C)n1. The molecule has 0 saturated carbocycles. The molecule has 1 aromatic heterocycles. The Hall–Kier alpha value is -1.89. The van der Waals surface area contributed by atoms with Crippen molar-refractivity contribution in [2.24, 2.45) is 0 Å². The number of hydrogen-bond donors (Lipinski definition) is 0. The fourth-order valence-electron chi connectivity index (χ4n) is 1.24. The molecule has 0 aliphatic carbocycles. The van der Waals surface area contributed by atoms with Gasteiger partial charge in [0, 0.05) is 12.2 Å². The van der Waals surface area contributed by atoms with Crippen LogP contribution in [0.4, 0.5) is 0 Å². The van der Waals surface area contributed by atoms with Crippen LogP contribution in [0.25, 0.3) is 0 Å². The number of aryl methyl sites for hydroxylation is 1. The van der Waals surface area contributed by atoms with Crippen LogP contribution < -0.4 is 0 Å². The van der Waals surface area contributed by atoms with Crippen molar-refractivity contribution in [2.45, 2.75) is 13.8 Å². The smallest absolute Gasteiger partial charge is 0.273 e. The summed E-state index contributed by atoms with van der Waals surface area (Å²) in [7, 11) is 0. The van der Waals surface area contributed by atoms with Gasteiger partial charge >= 0.3 is 0 Å². The molecule has 15 heavy (non-hydrogen) atoms. The van der Waals surface area contributed by atoms with Crippen molar-refractivity contribution in [3.63, 3.8) is 0 Å². The van der Waals surface area contributed by atoms with Gasteiger partial charge in [-0.1, -0.05) is 6.07 Å². The first-order valence-electron chi connectivity index (χ1n) is 4.79. The van der Waals surface area contributed by atoms with Gasteiger partial charge in [0.05, 0.1) is 6.07 Å². The predicted molar refractivity (Wildman–Crippen MR) is 56.2 cm³/mol. The summed E-state index contributed by atoms with van der Waals surface area (Å²) in [6.45, 7) is 4.29. The number of hydrogen-bond acceptors (Lipinski definition) is 3. The van der Waals surface area contributed by atoms with Gasteiger partial charge in [0.25, 0.3) is 5.91 Å². The average molecular weight is 203 g/mol. The van der Waals surface area contributed by atoms with E-state index >= 15 is 0 Å². The van der Waals surface area contributed by atoms with Gasteiger partial charge in [-0.3, -0.25) is 4.79 Å². The van der Waals surface area contributed by atoms with E-state index in [1.165, 1.54) is 4.90 Å². The molecule has 0 aliphatic heterocycles. The minimum absolute atomic E-state index is 0.102. The third kappa shape index (κ3) is 2.78. The van der Waals surface area contributed by atoms with Gasteiger partial charge in [-0.25, -0.2) is 4.98 Å². The van der Waals surface area contributed by atoms with Crippen LogP contribution in [0.15, 0.2) is 18.2 Å². The first-order chi connectivity index (χ1) is 7.19. The summed E-state index contributed by atoms with van der Waals surface area (Å²) in [6.07, 6.45) is 0. The predicted octanol–water partition coefficient (Wildman–Crippen LogP) is 1.38. The molecule has 0 radical (unpaired) electrons. The van der Waals surface area contributed by atoms with Crippen LogP contribution in [0.3, 0.4) is 0 Å². The highest BCUT2D eigenvalue weighted by Crippen LogP contribution is 2.03. The molecule has 0 aliphatic rings. The maximum Gasteiger partial charge on any atom is 0.273 e. The monoisotopic (exact) mass is 203 g/mol. The van der Waals surface area contributed by atoms with Gasteiger partial charge in [-0.15, -0.1) is 0 Å². The van der Waals surface area contributed by atoms with Crippen molar-refractivity contribution in [1.82, 2.24) is 9.88 Å². The molecule has 0 fully saturated rings. The van der Waals surface area contributed by atoms with Crippen molar-refractivity contribution in [1.29, 1.82) is 5.26 Å². The minimum atomic E-state index is -0.192. The molecule has 78 valence electrons. The second kappa shape index (κ2) is 5.11. The number of carbonyl (C=O) groups is 1. The molecule has 0 atom stereocenters. The molecule has 0 N–H and O–H groups in total. The zero-order chi connectivity index (χ0) is 11.3. The molecule has 0 unspecified atom stereocenters. The Morgan fingerprint density at radius 3 is 2.87 bits per heavy atom. The van der Waals surface area contributed by atoms with E-state index in [0.29, 0.717) is 12.2 Å². The fourth-order valence-corrected chi connectivity index (χ4v) is 1.24. The highest BCUT2D eigenvalue weighted by atomic mass is 16.2. The summed E-state index contributed by atoms with van der Waals surface area (Å²) < 4.78 is 0. The second-order valence-electron chi connectivity index (χ2n) is 3.14. The van der Waals surface area contributed by atoms with Crippen LogP contribution >= 0.6 is 0 Å². The number of rotatable bonds is 3. The van der Waals surface area contributed by atoms with Crippen LogP contribution in [0.2, 0.25) is 0 Å². The summed E-state index contributed by atoms with van der Waals surface area (Å²) in [5.41, 5.74) is 1.20. The maximum absolute atomic E-state index is 11.8. The van der Waals surface area contributed by atoms with E-state index in [4.69, 9.17) is 5.26 Å². The summed E-state index contributed by atoms with van der Waals surface area (Å²) in [5.74, 6) is -0.192. The highest BCUT2D eigenvalue weighted by molar-refractivity contribution is 5.92. The first kappa shape index (κ1) is 11.2. The topological polar surface area (TPSA) is 57.0 Å². The summed E-state index contributed by atoms with van der Waals surface area (Å²) >= 11 is 0. The number of pyridine rings is 1. The number of aromatic nitrogens is 1. The molecule has 0 aromatic carbocycles. The molecular weight excluding hydrogens is 190 g/mol. The lowest BCUT2D eigenvalue weighted by Gasteiger charge is -2.16. The van der Waals surface area contributed by atoms with E-state index in [1.54, 1.807) is 12.1 Å². The molecule has 4 heteroatoms. The largest absolute Gasteiger partial charge is 0.324 e. The van der Waals surface area contributed by atoms with Crippen LogP contribution in [0.1, 0.15) is 23.1 Å². The van der Waals surface area contributed by atoms with Crippen molar-refractivity contribution in [3.8, 4) is 6.07 Å². The Bertz CT molecular complexity index is 395. The van der Waals surface area contributed by atoms with E-state index in [0.717, 1.165) is 5.69 Å². The third-order valence-corrected chi connectivity index (χ3v) is 2.04. The Labute approximate surface area is 89.2 Å². The molecule has 1 amide bonds. The Kier molecular flexibility index (Phi) is 3.81. The number of carbonyl (C=O) groups excluding carboxylic acids is 1. The van der Waals surface area contributed by atoms with E-state index in [-0.39, 0.29) is 12.5 Å². The first-order valence-corrected chi connectivity index (χ1v) is 4.79. The Morgan fingerprint density at radius 2 is 2.33 bits per heavy atom. The summed E-state index contributed by atoms with van der Waals surface area (Å²) in [5, 5.41) is 8.55. The van der Waals surface area contributed by atoms with Crippen LogP contribution in [-0.4, -0.2) is 28.9 Å². The zero-order valence-electron chi connectivity index (χ0n) is 8.90. The quantitative estimate of drug-likeness (QED) is 0.697. The second-order valence-corrected chi connectivity index (χ2v) is 3.14. The molecule has 0 spiro atoms. The minimum Gasteiger partial charge on any atom is -0.324 e. The van der Waals surface area contributed by atoms with Gasteiger partial charge in [-0.2, -0.15) is 5.26 Å². The van der Waals surface area contributed by atoms with Gasteiger partial charge in [-0.05, 0) is 26.0 Å². The van der Waals surface area contributed by atoms with Crippen molar-refractivity contribution < 1.29 is 4.79 Å². The number of nitriles is 1. The van der Waals surface area contributed by atoms with E-state index < -0.39 is 0 Å². The molecule has 1 heterocycles. The third-order valence-electron chi connectivity index (χ3n) is 2.04. The fraction of sp³-hybridized carbons (Fsp3) is 0.364. The van der Waals surface area contributed by atoms with Crippen molar-refractivity contribution in [3.05, 3.63) is 29.6 Å². The van der Waals surface area contributed by atoms with Crippen molar-refractivity contribution in [2.75, 3.05) is 13.1 Å². The lowest BCUT2D eigenvalue weighted by Crippen LogP contribution is -2.31. The number of amides is 1. The molecule has 1 aromatic rings. The van der Waals surface area contributed by atoms with Crippen molar-refractivity contribution >= 4 is 5.91 Å². The van der Waals surface area contributed by atoms with Crippen LogP contribution in [0, 0.1) is 18.3 Å². The maximum atomic E-state index is 11.8. The van der Waals surface area contributed by atoms with Gasteiger partial charge in [0.2, 0.25) is 0 Å². The zero-order valence-corrected chi connectivity index (χ0v) is 8.90. The molecular formula is C11H13N3O. The van der Waals surface area contributed by atoms with E-state index in [1.807, 2.05) is 26.0 Å². The number of nitrogens with zero attached hydrogens (tertiary/aromatic N) is 3. The highest BCUT2D eigenvalue weighted by Gasteiger charge is 2.14. The van der Waals surface area contributed by atoms with E-state index in [2.05, 4.69) is 4.98 Å². The van der Waals surface area contributed by atoms with Gasteiger partial charge < -0.3 is 4.90 Å². The summed E-state index contributed by atoms with van der Waals surface area (Å²) in [6, 6.07) is 7.24. The molecule has 0 saturated heterocycles. The lowest BCUT2D eigenvalue weighted by molar-refractivity contribution is 0.0778. The summed E-state index contributed by atoms with van der Waals surface area (Å²) in [4.78, 5) is 17.4. The van der Waals surface area contributed by atoms with Gasteiger partial charge in [0.1, 0.15) is 12.2 Å². The van der Waals surface area contributed by atoms with Crippen LogP contribution in [-0.2, 0) is 0 Å². The van der Waals surface area contributed by atoms with Crippen LogP contribution in [0.5, 0.6) is 0 Å². The standard InChI is InChI=1S/C11H13N3O/c1-3-14(8-7-12)11(15)10-6-4-5-9(2)13-10/h4-6H,3,8H2,1-2H3. The molecule has 4 nitrogen and oxygen atoms in total. The molecule has 1 rings (SSSR count). The Morgan fingerprint density at radius 1 is 1.60 bits per heavy atom. The normalized spacial score (nSPS) is 9.40. The Balaban J connectivity index is 2.88. The van der Waals surface area contributed by atoms with Gasteiger partial charge in [0.15, 0.2) is 0 Å². The molecule has 0 bridgehead atoms. The van der Waals surface area contributed by atoms with E-state index in [9.17, 15) is 4.79 Å².